The lowest BCUT2D eigenvalue weighted by Crippen LogP contribution is -2.36. The molecule has 0 saturated heterocycles. The third-order valence-corrected chi connectivity index (χ3v) is 5.73. The van der Waals surface area contributed by atoms with Crippen molar-refractivity contribution < 1.29 is 17.9 Å². The number of fused-ring (bicyclic) bond motifs is 1. The van der Waals surface area contributed by atoms with E-state index in [0.717, 1.165) is 0 Å². The molecule has 13 heteroatoms. The highest BCUT2D eigenvalue weighted by molar-refractivity contribution is 7.98. The van der Waals surface area contributed by atoms with Gasteiger partial charge < -0.3 is 4.74 Å². The third-order valence-electron chi connectivity index (χ3n) is 3.96. The van der Waals surface area contributed by atoms with Crippen molar-refractivity contribution in [3.05, 3.63) is 47.4 Å². The summed E-state index contributed by atoms with van der Waals surface area (Å²) in [6.45, 7) is 8.62. The lowest BCUT2D eigenvalue weighted by Gasteiger charge is -2.19. The van der Waals surface area contributed by atoms with Crippen LogP contribution in [0.3, 0.4) is 0 Å². The second-order valence-corrected chi connectivity index (χ2v) is 9.93. The first kappa shape index (κ1) is 23.5. The summed E-state index contributed by atoms with van der Waals surface area (Å²) >= 11 is 1.29. The van der Waals surface area contributed by atoms with Crippen LogP contribution in [0.2, 0.25) is 0 Å². The van der Waals surface area contributed by atoms with E-state index in [1.807, 2.05) is 4.72 Å². The minimum absolute atomic E-state index is 0.108. The van der Waals surface area contributed by atoms with Gasteiger partial charge in [-0.05, 0) is 39.2 Å². The molecule has 1 N–H and O–H groups in total. The van der Waals surface area contributed by atoms with Crippen LogP contribution in [0.15, 0.2) is 52.0 Å². The molecule has 3 heterocycles. The number of nitrogens with zero attached hydrogens (tertiary/aromatic N) is 5. The van der Waals surface area contributed by atoms with Gasteiger partial charge in [-0.1, -0.05) is 23.9 Å². The molecular weight excluding hydrogens is 456 g/mol. The number of ether oxygens (including phenoxy) is 1. The van der Waals surface area contributed by atoms with Crippen LogP contribution in [0.4, 0.5) is 4.79 Å². The summed E-state index contributed by atoms with van der Waals surface area (Å²) in [6, 6.07) is 4.18. The van der Waals surface area contributed by atoms with Crippen LogP contribution < -0.4 is 10.3 Å². The molecule has 0 aliphatic heterocycles. The molecule has 0 fully saturated rings. The van der Waals surface area contributed by atoms with Crippen LogP contribution in [0.1, 0.15) is 20.8 Å². The van der Waals surface area contributed by atoms with Crippen LogP contribution in [0, 0.1) is 0 Å². The Labute approximate surface area is 188 Å². The Morgan fingerprint density at radius 3 is 2.66 bits per heavy atom. The van der Waals surface area contributed by atoms with Crippen LogP contribution in [-0.2, 0) is 21.3 Å². The van der Waals surface area contributed by atoms with E-state index in [2.05, 4.69) is 21.5 Å². The van der Waals surface area contributed by atoms with E-state index in [0.29, 0.717) is 5.16 Å². The van der Waals surface area contributed by atoms with Crippen molar-refractivity contribution in [2.75, 3.05) is 6.26 Å². The van der Waals surface area contributed by atoms with Crippen LogP contribution in [0.5, 0.6) is 0 Å². The second-order valence-electron chi connectivity index (χ2n) is 7.52. The maximum Gasteiger partial charge on any atom is 0.421 e. The van der Waals surface area contributed by atoms with Gasteiger partial charge in [0, 0.05) is 6.20 Å². The number of carbonyl (C=O) groups excluding carboxylic acids is 1. The van der Waals surface area contributed by atoms with Gasteiger partial charge >= 0.3 is 6.09 Å². The van der Waals surface area contributed by atoms with Gasteiger partial charge in [0.15, 0.2) is 21.6 Å². The van der Waals surface area contributed by atoms with Crippen molar-refractivity contribution in [2.24, 2.45) is 0 Å². The van der Waals surface area contributed by atoms with Gasteiger partial charge in [0.2, 0.25) is 0 Å². The number of nitrogens with one attached hydrogen (secondary N) is 1. The number of allylic oxidation sites excluding steroid dienone is 1. The van der Waals surface area contributed by atoms with Crippen molar-refractivity contribution in [3.8, 4) is 5.82 Å². The monoisotopic (exact) mass is 478 g/mol. The zero-order valence-corrected chi connectivity index (χ0v) is 19.5. The van der Waals surface area contributed by atoms with Gasteiger partial charge in [0.1, 0.15) is 11.0 Å². The van der Waals surface area contributed by atoms with Crippen molar-refractivity contribution in [2.45, 2.75) is 43.1 Å². The molecule has 0 aliphatic rings. The summed E-state index contributed by atoms with van der Waals surface area (Å²) in [5.41, 5.74) is -0.998. The lowest BCUT2D eigenvalue weighted by atomic mass is 10.2. The Balaban J connectivity index is 2.13. The van der Waals surface area contributed by atoms with Crippen molar-refractivity contribution in [1.29, 1.82) is 0 Å². The fraction of sp³-hybridized carbons (Fsp3) is 0.316. The summed E-state index contributed by atoms with van der Waals surface area (Å²) in [7, 11) is -4.34. The highest BCUT2D eigenvalue weighted by atomic mass is 32.2. The van der Waals surface area contributed by atoms with Crippen LogP contribution >= 0.6 is 11.8 Å². The van der Waals surface area contributed by atoms with E-state index in [-0.39, 0.29) is 29.0 Å². The van der Waals surface area contributed by atoms with E-state index < -0.39 is 26.7 Å². The average molecular weight is 479 g/mol. The minimum Gasteiger partial charge on any atom is -0.443 e. The quantitative estimate of drug-likeness (QED) is 0.320. The molecule has 170 valence electrons. The van der Waals surface area contributed by atoms with Crippen LogP contribution in [-0.4, -0.2) is 50.7 Å². The highest BCUT2D eigenvalue weighted by Crippen LogP contribution is 2.19. The molecule has 0 radical (unpaired) electrons. The van der Waals surface area contributed by atoms with E-state index in [1.165, 1.54) is 51.6 Å². The standard InChI is InChI=1S/C19H22N6O5S2/c1-6-10-24-16(26)12-11-20-17(31-5)22-15(12)25(24)13-8-7-9-14(21-13)32(28,29)23-18(27)30-19(2,3)4/h6-9,11H,1,10H2,2-5H3,(H,23,27). The number of aromatic nitrogens is 5. The predicted molar refractivity (Wildman–Crippen MR) is 119 cm³/mol. The first-order valence-corrected chi connectivity index (χ1v) is 12.0. The molecule has 1 amide bonds. The molecule has 11 nitrogen and oxygen atoms in total. The zero-order valence-electron chi connectivity index (χ0n) is 17.9. The Kier molecular flexibility index (Phi) is 6.41. The Hall–Kier alpha value is -3.19. The van der Waals surface area contributed by atoms with Gasteiger partial charge in [-0.3, -0.25) is 4.79 Å². The second kappa shape index (κ2) is 8.74. The summed E-state index contributed by atoms with van der Waals surface area (Å²) < 4.78 is 34.9. The molecule has 0 saturated carbocycles. The molecule has 0 spiro atoms. The van der Waals surface area contributed by atoms with Crippen LogP contribution in [0.25, 0.3) is 16.9 Å². The normalized spacial score (nSPS) is 12.0. The fourth-order valence-electron chi connectivity index (χ4n) is 2.76. The first-order chi connectivity index (χ1) is 15.0. The SMILES string of the molecule is C=CCn1c(=O)c2cnc(SC)nc2n1-c1cccc(S(=O)(=O)NC(=O)OC(C)(C)C)n1. The van der Waals surface area contributed by atoms with E-state index in [1.54, 1.807) is 27.0 Å². The zero-order chi connectivity index (χ0) is 23.7. The smallest absolute Gasteiger partial charge is 0.421 e. The molecule has 3 aromatic rings. The number of pyridine rings is 1. The molecule has 0 unspecified atom stereocenters. The maximum atomic E-state index is 12.9. The summed E-state index contributed by atoms with van der Waals surface area (Å²) in [4.78, 5) is 37.5. The van der Waals surface area contributed by atoms with Crippen molar-refractivity contribution in [1.82, 2.24) is 29.0 Å². The number of rotatable bonds is 6. The van der Waals surface area contributed by atoms with Crippen molar-refractivity contribution in [3.63, 3.8) is 0 Å². The average Bonchev–Trinajstić information content (AvgIpc) is 2.97. The largest absolute Gasteiger partial charge is 0.443 e. The Morgan fingerprint density at radius 1 is 1.31 bits per heavy atom. The number of hydrogen-bond donors (Lipinski definition) is 1. The lowest BCUT2D eigenvalue weighted by molar-refractivity contribution is 0.0570. The van der Waals surface area contributed by atoms with Gasteiger partial charge in [0.05, 0.1) is 6.54 Å². The minimum atomic E-state index is -4.34. The van der Waals surface area contributed by atoms with E-state index >= 15 is 0 Å². The molecule has 0 aliphatic carbocycles. The Bertz CT molecular complexity index is 1350. The number of thioether (sulfide) groups is 1. The molecule has 32 heavy (non-hydrogen) atoms. The van der Waals surface area contributed by atoms with Gasteiger partial charge in [-0.2, -0.15) is 8.42 Å². The van der Waals surface area contributed by atoms with Crippen molar-refractivity contribution >= 4 is 38.9 Å². The molecule has 0 bridgehead atoms. The fourth-order valence-corrected chi connectivity index (χ4v) is 3.94. The summed E-state index contributed by atoms with van der Waals surface area (Å²) in [6.07, 6.45) is 3.59. The van der Waals surface area contributed by atoms with Gasteiger partial charge in [-0.15, -0.1) is 6.58 Å². The summed E-state index contributed by atoms with van der Waals surface area (Å²) in [5.74, 6) is 0.108. The van der Waals surface area contributed by atoms with E-state index in [9.17, 15) is 18.0 Å². The molecule has 3 aromatic heterocycles. The first-order valence-electron chi connectivity index (χ1n) is 9.33. The number of sulfonamides is 1. The molecule has 3 rings (SSSR count). The number of amides is 1. The molecular formula is C19H22N6O5S2. The Morgan fingerprint density at radius 2 is 2.03 bits per heavy atom. The van der Waals surface area contributed by atoms with Gasteiger partial charge in [0.25, 0.3) is 15.6 Å². The highest BCUT2D eigenvalue weighted by Gasteiger charge is 2.25. The topological polar surface area (TPSA) is 138 Å². The van der Waals surface area contributed by atoms with E-state index in [4.69, 9.17) is 4.74 Å². The molecule has 0 aromatic carbocycles. The maximum absolute atomic E-state index is 12.9. The predicted octanol–water partition coefficient (Wildman–Crippen LogP) is 2.10. The number of carbonyl (C=O) groups is 1. The third kappa shape index (κ3) is 4.83. The van der Waals surface area contributed by atoms with Gasteiger partial charge in [-0.25, -0.2) is 33.8 Å². The molecule has 0 atom stereocenters. The number of hydrogen-bond acceptors (Lipinski definition) is 9. The summed E-state index contributed by atoms with van der Waals surface area (Å²) in [5, 5.41) is 0.239.